The van der Waals surface area contributed by atoms with Gasteiger partial charge in [0.2, 0.25) is 11.7 Å². The summed E-state index contributed by atoms with van der Waals surface area (Å²) in [5.74, 6) is 2.46. The van der Waals surface area contributed by atoms with Crippen molar-refractivity contribution >= 4 is 23.0 Å². The molecule has 0 aliphatic carbocycles. The zero-order chi connectivity index (χ0) is 18.6. The number of hydrogen-bond acceptors (Lipinski definition) is 6. The third-order valence-corrected chi connectivity index (χ3v) is 4.30. The van der Waals surface area contributed by atoms with Crippen LogP contribution in [0.4, 0.5) is 5.69 Å². The molecule has 8 heteroatoms. The van der Waals surface area contributed by atoms with Crippen LogP contribution in [0.1, 0.15) is 11.5 Å². The van der Waals surface area contributed by atoms with Crippen molar-refractivity contribution in [2.45, 2.75) is 13.5 Å². The van der Waals surface area contributed by atoms with Crippen LogP contribution in [0.25, 0.3) is 11.4 Å². The standard InChI is InChI=1S/C19H18N4O3S/c1-12-4-2-3-5-14(12)18-22-17(26-23-18)11-20-19(27)21-13-6-7-15-16(10-13)25-9-8-24-15/h2-7,10H,8-9,11H2,1H3,(H2,20,21,27). The summed E-state index contributed by atoms with van der Waals surface area (Å²) in [5.41, 5.74) is 2.85. The van der Waals surface area contributed by atoms with Crippen LogP contribution >= 0.6 is 12.2 Å². The van der Waals surface area contributed by atoms with E-state index in [-0.39, 0.29) is 0 Å². The van der Waals surface area contributed by atoms with Gasteiger partial charge in [-0.15, -0.1) is 0 Å². The molecule has 0 saturated carbocycles. The van der Waals surface area contributed by atoms with Crippen molar-refractivity contribution in [2.75, 3.05) is 18.5 Å². The highest BCUT2D eigenvalue weighted by atomic mass is 32.1. The predicted molar refractivity (Wildman–Crippen MR) is 105 cm³/mol. The fourth-order valence-electron chi connectivity index (χ4n) is 2.71. The number of rotatable bonds is 4. The van der Waals surface area contributed by atoms with Crippen LogP contribution in [-0.4, -0.2) is 28.5 Å². The summed E-state index contributed by atoms with van der Waals surface area (Å²) in [4.78, 5) is 4.41. The monoisotopic (exact) mass is 382 g/mol. The van der Waals surface area contributed by atoms with Crippen molar-refractivity contribution in [3.05, 3.63) is 53.9 Å². The Morgan fingerprint density at radius 1 is 1.11 bits per heavy atom. The van der Waals surface area contributed by atoms with Gasteiger partial charge in [0.1, 0.15) is 13.2 Å². The molecule has 2 heterocycles. The molecule has 0 fully saturated rings. The number of nitrogens with one attached hydrogen (secondary N) is 2. The van der Waals surface area contributed by atoms with Crippen LogP contribution in [0.2, 0.25) is 0 Å². The van der Waals surface area contributed by atoms with Gasteiger partial charge in [-0.25, -0.2) is 0 Å². The first-order chi connectivity index (χ1) is 13.2. The second-order valence-corrected chi connectivity index (χ2v) is 6.40. The van der Waals surface area contributed by atoms with Crippen molar-refractivity contribution in [3.63, 3.8) is 0 Å². The summed E-state index contributed by atoms with van der Waals surface area (Å²) in [6.07, 6.45) is 0. The summed E-state index contributed by atoms with van der Waals surface area (Å²) >= 11 is 5.33. The molecule has 0 unspecified atom stereocenters. The first kappa shape index (κ1) is 17.3. The molecule has 0 saturated heterocycles. The number of benzene rings is 2. The van der Waals surface area contributed by atoms with Gasteiger partial charge >= 0.3 is 0 Å². The van der Waals surface area contributed by atoms with E-state index < -0.39 is 0 Å². The molecule has 0 bridgehead atoms. The predicted octanol–water partition coefficient (Wildman–Crippen LogP) is 3.30. The number of ether oxygens (including phenoxy) is 2. The van der Waals surface area contributed by atoms with Gasteiger partial charge in [0.25, 0.3) is 0 Å². The van der Waals surface area contributed by atoms with Crippen molar-refractivity contribution in [1.82, 2.24) is 15.5 Å². The second-order valence-electron chi connectivity index (χ2n) is 5.99. The fourth-order valence-corrected chi connectivity index (χ4v) is 2.90. The summed E-state index contributed by atoms with van der Waals surface area (Å²) in [5, 5.41) is 10.6. The van der Waals surface area contributed by atoms with Gasteiger partial charge in [0.15, 0.2) is 16.6 Å². The van der Waals surface area contributed by atoms with E-state index in [2.05, 4.69) is 20.8 Å². The first-order valence-electron chi connectivity index (χ1n) is 8.52. The molecule has 0 spiro atoms. The molecule has 2 aromatic carbocycles. The normalized spacial score (nSPS) is 12.5. The Balaban J connectivity index is 1.35. The van der Waals surface area contributed by atoms with Gasteiger partial charge < -0.3 is 24.6 Å². The lowest BCUT2D eigenvalue weighted by Gasteiger charge is -2.19. The number of nitrogens with zero attached hydrogens (tertiary/aromatic N) is 2. The molecule has 2 N–H and O–H groups in total. The van der Waals surface area contributed by atoms with E-state index in [0.29, 0.717) is 42.3 Å². The van der Waals surface area contributed by atoms with E-state index in [0.717, 1.165) is 22.6 Å². The summed E-state index contributed by atoms with van der Waals surface area (Å²) in [7, 11) is 0. The van der Waals surface area contributed by atoms with Crippen molar-refractivity contribution in [1.29, 1.82) is 0 Å². The summed E-state index contributed by atoms with van der Waals surface area (Å²) in [6, 6.07) is 13.5. The Labute approximate surface area is 161 Å². The van der Waals surface area contributed by atoms with Gasteiger partial charge in [-0.05, 0) is 36.8 Å². The molecule has 4 rings (SSSR count). The van der Waals surface area contributed by atoms with Crippen LogP contribution in [0.5, 0.6) is 11.5 Å². The third-order valence-electron chi connectivity index (χ3n) is 4.05. The minimum atomic E-state index is 0.329. The van der Waals surface area contributed by atoms with Crippen LogP contribution in [0.15, 0.2) is 47.0 Å². The van der Waals surface area contributed by atoms with E-state index in [4.69, 9.17) is 26.2 Å². The van der Waals surface area contributed by atoms with Crippen LogP contribution in [-0.2, 0) is 6.54 Å². The number of fused-ring (bicyclic) bond motifs is 1. The number of anilines is 1. The summed E-state index contributed by atoms with van der Waals surface area (Å²) < 4.78 is 16.4. The molecular formula is C19H18N4O3S. The van der Waals surface area contributed by atoms with Crippen molar-refractivity contribution < 1.29 is 14.0 Å². The van der Waals surface area contributed by atoms with E-state index in [1.54, 1.807) is 0 Å². The quantitative estimate of drug-likeness (QED) is 0.665. The minimum Gasteiger partial charge on any atom is -0.486 e. The van der Waals surface area contributed by atoms with E-state index >= 15 is 0 Å². The van der Waals surface area contributed by atoms with E-state index in [1.807, 2.05) is 49.4 Å². The van der Waals surface area contributed by atoms with Gasteiger partial charge in [0, 0.05) is 17.3 Å². The molecule has 3 aromatic rings. The highest BCUT2D eigenvalue weighted by Gasteiger charge is 2.13. The smallest absolute Gasteiger partial charge is 0.246 e. The molecule has 138 valence electrons. The third kappa shape index (κ3) is 4.01. The van der Waals surface area contributed by atoms with Crippen LogP contribution in [0.3, 0.4) is 0 Å². The first-order valence-corrected chi connectivity index (χ1v) is 8.93. The zero-order valence-corrected chi connectivity index (χ0v) is 15.5. The fraction of sp³-hybridized carbons (Fsp3) is 0.211. The Kier molecular flexibility index (Phi) is 4.88. The highest BCUT2D eigenvalue weighted by molar-refractivity contribution is 7.80. The molecule has 1 aliphatic heterocycles. The Morgan fingerprint density at radius 3 is 2.78 bits per heavy atom. The van der Waals surface area contributed by atoms with Gasteiger partial charge in [-0.1, -0.05) is 29.4 Å². The lowest BCUT2D eigenvalue weighted by Crippen LogP contribution is -2.28. The topological polar surface area (TPSA) is 81.4 Å². The van der Waals surface area contributed by atoms with Crippen molar-refractivity contribution in [2.24, 2.45) is 0 Å². The molecule has 1 aromatic heterocycles. The van der Waals surface area contributed by atoms with Gasteiger partial charge in [0.05, 0.1) is 6.54 Å². The number of aryl methyl sites for hydroxylation is 1. The number of thiocarbonyl (C=S) groups is 1. The maximum Gasteiger partial charge on any atom is 0.246 e. The molecular weight excluding hydrogens is 364 g/mol. The lowest BCUT2D eigenvalue weighted by atomic mass is 10.1. The minimum absolute atomic E-state index is 0.329. The Bertz CT molecular complexity index is 973. The van der Waals surface area contributed by atoms with Crippen LogP contribution in [0, 0.1) is 6.92 Å². The number of hydrogen-bond donors (Lipinski definition) is 2. The van der Waals surface area contributed by atoms with Gasteiger partial charge in [-0.3, -0.25) is 0 Å². The molecule has 1 aliphatic rings. The molecule has 7 nitrogen and oxygen atoms in total. The average Bonchev–Trinajstić information content (AvgIpc) is 3.15. The maximum absolute atomic E-state index is 5.57. The molecule has 27 heavy (non-hydrogen) atoms. The summed E-state index contributed by atoms with van der Waals surface area (Å²) in [6.45, 7) is 3.44. The van der Waals surface area contributed by atoms with Crippen molar-refractivity contribution in [3.8, 4) is 22.9 Å². The Hall–Kier alpha value is -3.13. The molecule has 0 atom stereocenters. The number of aromatic nitrogens is 2. The van der Waals surface area contributed by atoms with E-state index in [1.165, 1.54) is 0 Å². The maximum atomic E-state index is 5.57. The van der Waals surface area contributed by atoms with Crippen LogP contribution < -0.4 is 20.1 Å². The van der Waals surface area contributed by atoms with E-state index in [9.17, 15) is 0 Å². The average molecular weight is 382 g/mol. The zero-order valence-electron chi connectivity index (χ0n) is 14.7. The lowest BCUT2D eigenvalue weighted by molar-refractivity contribution is 0.171. The molecule has 0 amide bonds. The SMILES string of the molecule is Cc1ccccc1-c1noc(CNC(=S)Nc2ccc3c(c2)OCCO3)n1. The molecule has 0 radical (unpaired) electrons. The Morgan fingerprint density at radius 2 is 1.93 bits per heavy atom. The largest absolute Gasteiger partial charge is 0.486 e. The second kappa shape index (κ2) is 7.63. The highest BCUT2D eigenvalue weighted by Crippen LogP contribution is 2.32. The van der Waals surface area contributed by atoms with Gasteiger partial charge in [-0.2, -0.15) is 4.98 Å².